The second-order valence-electron chi connectivity index (χ2n) is 6.84. The lowest BCUT2D eigenvalue weighted by Gasteiger charge is -2.08. The zero-order chi connectivity index (χ0) is 17.2. The molecule has 4 rings (SSSR count). The molecule has 0 aliphatic carbocycles. The van der Waals surface area contributed by atoms with Crippen molar-refractivity contribution in [3.63, 3.8) is 0 Å². The Morgan fingerprint density at radius 1 is 1.00 bits per heavy atom. The summed E-state index contributed by atoms with van der Waals surface area (Å²) >= 11 is 0. The summed E-state index contributed by atoms with van der Waals surface area (Å²) in [4.78, 5) is 4.88. The van der Waals surface area contributed by atoms with E-state index in [1.165, 1.54) is 11.1 Å². The first-order chi connectivity index (χ1) is 12.2. The summed E-state index contributed by atoms with van der Waals surface area (Å²) in [6.07, 6.45) is 2.49. The van der Waals surface area contributed by atoms with Gasteiger partial charge in [-0.25, -0.2) is 0 Å². The number of ether oxygens (including phenoxy) is 1. The van der Waals surface area contributed by atoms with Crippen molar-refractivity contribution in [2.45, 2.75) is 32.8 Å². The van der Waals surface area contributed by atoms with E-state index in [-0.39, 0.29) is 6.10 Å². The molecule has 1 aromatic heterocycles. The maximum absolute atomic E-state index is 6.16. The first-order valence-electron chi connectivity index (χ1n) is 8.93. The first-order valence-corrected chi connectivity index (χ1v) is 8.93. The maximum Gasteiger partial charge on any atom is 0.136 e. The normalized spacial score (nSPS) is 18.2. The van der Waals surface area contributed by atoms with Gasteiger partial charge in [-0.15, -0.1) is 0 Å². The van der Waals surface area contributed by atoms with Crippen LogP contribution < -0.4 is 5.36 Å². The van der Waals surface area contributed by atoms with Gasteiger partial charge in [-0.1, -0.05) is 41.5 Å². The minimum atomic E-state index is 0.250. The van der Waals surface area contributed by atoms with E-state index in [0.717, 1.165) is 47.1 Å². The molecule has 0 radical (unpaired) electrons. The quantitative estimate of drug-likeness (QED) is 0.690. The largest absolute Gasteiger partial charge is 0.456 e. The predicted octanol–water partition coefficient (Wildman–Crippen LogP) is 4.80. The molecule has 2 aromatic carbocycles. The fourth-order valence-electron chi connectivity index (χ4n) is 3.26. The van der Waals surface area contributed by atoms with Gasteiger partial charge in [0.2, 0.25) is 0 Å². The monoisotopic (exact) mass is 333 g/mol. The maximum atomic E-state index is 6.16. The fraction of sp³-hybridized carbons (Fsp3) is 0.318. The van der Waals surface area contributed by atoms with E-state index in [1.54, 1.807) is 0 Å². The Morgan fingerprint density at radius 2 is 1.80 bits per heavy atom. The van der Waals surface area contributed by atoms with Crippen molar-refractivity contribution in [2.24, 2.45) is 4.99 Å². The Morgan fingerprint density at radius 3 is 2.56 bits per heavy atom. The molecule has 3 nitrogen and oxygen atoms in total. The lowest BCUT2D eigenvalue weighted by molar-refractivity contribution is 0.117. The number of rotatable bonds is 3. The third-order valence-electron chi connectivity index (χ3n) is 4.72. The van der Waals surface area contributed by atoms with Crippen molar-refractivity contribution in [1.82, 2.24) is 0 Å². The van der Waals surface area contributed by atoms with Crippen molar-refractivity contribution in [3.8, 4) is 11.3 Å². The van der Waals surface area contributed by atoms with Gasteiger partial charge in [0, 0.05) is 23.6 Å². The van der Waals surface area contributed by atoms with Gasteiger partial charge >= 0.3 is 0 Å². The molecule has 1 saturated heterocycles. The smallest absolute Gasteiger partial charge is 0.136 e. The molecule has 128 valence electrons. The van der Waals surface area contributed by atoms with E-state index >= 15 is 0 Å². The van der Waals surface area contributed by atoms with Crippen LogP contribution in [0, 0.1) is 13.8 Å². The molecule has 25 heavy (non-hydrogen) atoms. The molecule has 0 bridgehead atoms. The van der Waals surface area contributed by atoms with Crippen LogP contribution in [0.3, 0.4) is 0 Å². The Kier molecular flexibility index (Phi) is 4.41. The van der Waals surface area contributed by atoms with Crippen LogP contribution in [0.5, 0.6) is 0 Å². The standard InChI is InChI=1S/C22H23NO2/c1-15-5-8-17(9-6-15)22-13-20(23-14-18-4-3-11-24-18)19-12-16(2)7-10-21(19)25-22/h5-10,12-13,18H,3-4,11,14H2,1-2H3/t18-/m0/s1. The first kappa shape index (κ1) is 16.1. The summed E-state index contributed by atoms with van der Waals surface area (Å²) < 4.78 is 11.9. The molecule has 1 fully saturated rings. The van der Waals surface area contributed by atoms with Crippen LogP contribution in [0.15, 0.2) is 57.9 Å². The van der Waals surface area contributed by atoms with Crippen molar-refractivity contribution in [2.75, 3.05) is 13.2 Å². The van der Waals surface area contributed by atoms with Crippen LogP contribution in [0.4, 0.5) is 0 Å². The molecule has 3 heteroatoms. The Balaban J connectivity index is 1.83. The van der Waals surface area contributed by atoms with Crippen LogP contribution in [-0.2, 0) is 4.74 Å². The van der Waals surface area contributed by atoms with Gasteiger partial charge in [0.05, 0.1) is 18.0 Å². The number of hydrogen-bond acceptors (Lipinski definition) is 3. The van der Waals surface area contributed by atoms with Gasteiger partial charge < -0.3 is 9.15 Å². The third-order valence-corrected chi connectivity index (χ3v) is 4.72. The lowest BCUT2D eigenvalue weighted by atomic mass is 10.1. The minimum absolute atomic E-state index is 0.250. The van der Waals surface area contributed by atoms with Gasteiger partial charge in [0.15, 0.2) is 0 Å². The van der Waals surface area contributed by atoms with Crippen molar-refractivity contribution >= 4 is 11.0 Å². The van der Waals surface area contributed by atoms with Crippen molar-refractivity contribution < 1.29 is 9.15 Å². The Labute approximate surface area is 148 Å². The SMILES string of the molecule is Cc1ccc(-c2cc(=NC[C@@H]3CCCO3)c3cc(C)ccc3o2)cc1. The van der Waals surface area contributed by atoms with Crippen molar-refractivity contribution in [3.05, 3.63) is 65.0 Å². The highest BCUT2D eigenvalue weighted by molar-refractivity contribution is 5.79. The van der Waals surface area contributed by atoms with E-state index in [2.05, 4.69) is 56.3 Å². The van der Waals surface area contributed by atoms with Gasteiger partial charge in [-0.05, 0) is 38.8 Å². The van der Waals surface area contributed by atoms with Crippen molar-refractivity contribution in [1.29, 1.82) is 0 Å². The van der Waals surface area contributed by atoms with E-state index in [9.17, 15) is 0 Å². The molecule has 0 spiro atoms. The summed E-state index contributed by atoms with van der Waals surface area (Å²) in [6.45, 7) is 5.75. The topological polar surface area (TPSA) is 34.7 Å². The molecule has 1 atom stereocenters. The Bertz CT molecular complexity index is 948. The van der Waals surface area contributed by atoms with Crippen LogP contribution in [0.1, 0.15) is 24.0 Å². The molecule has 3 aromatic rings. The second kappa shape index (κ2) is 6.85. The second-order valence-corrected chi connectivity index (χ2v) is 6.84. The molecule has 0 saturated carbocycles. The number of hydrogen-bond donors (Lipinski definition) is 0. The average molecular weight is 333 g/mol. The molecular weight excluding hydrogens is 310 g/mol. The Hall–Kier alpha value is -2.39. The molecule has 1 aliphatic rings. The molecule has 0 unspecified atom stereocenters. The van der Waals surface area contributed by atoms with E-state index in [0.29, 0.717) is 6.54 Å². The highest BCUT2D eigenvalue weighted by atomic mass is 16.5. The molecule has 0 N–H and O–H groups in total. The number of aryl methyl sites for hydroxylation is 2. The van der Waals surface area contributed by atoms with Crippen LogP contribution in [0.2, 0.25) is 0 Å². The number of nitrogens with zero attached hydrogens (tertiary/aromatic N) is 1. The molecular formula is C22H23NO2. The van der Waals surface area contributed by atoms with Crippen LogP contribution >= 0.6 is 0 Å². The molecule has 1 aliphatic heterocycles. The number of benzene rings is 2. The van der Waals surface area contributed by atoms with E-state index in [1.807, 2.05) is 6.07 Å². The predicted molar refractivity (Wildman–Crippen MR) is 101 cm³/mol. The molecule has 2 heterocycles. The van der Waals surface area contributed by atoms with E-state index in [4.69, 9.17) is 14.1 Å². The zero-order valence-corrected chi connectivity index (χ0v) is 14.8. The molecule has 0 amide bonds. The summed E-state index contributed by atoms with van der Waals surface area (Å²) in [5, 5.41) is 2.05. The van der Waals surface area contributed by atoms with Crippen LogP contribution in [-0.4, -0.2) is 19.3 Å². The van der Waals surface area contributed by atoms with Gasteiger partial charge in [0.1, 0.15) is 11.3 Å². The zero-order valence-electron chi connectivity index (χ0n) is 14.8. The summed E-state index contributed by atoms with van der Waals surface area (Å²) in [6, 6.07) is 16.7. The number of fused-ring (bicyclic) bond motifs is 1. The van der Waals surface area contributed by atoms with E-state index < -0.39 is 0 Å². The lowest BCUT2D eigenvalue weighted by Crippen LogP contribution is -2.13. The van der Waals surface area contributed by atoms with Gasteiger partial charge in [0.25, 0.3) is 0 Å². The highest BCUT2D eigenvalue weighted by Crippen LogP contribution is 2.23. The fourth-order valence-corrected chi connectivity index (χ4v) is 3.26. The average Bonchev–Trinajstić information content (AvgIpc) is 3.14. The third kappa shape index (κ3) is 3.52. The van der Waals surface area contributed by atoms with Gasteiger partial charge in [-0.2, -0.15) is 0 Å². The van der Waals surface area contributed by atoms with Gasteiger partial charge in [-0.3, -0.25) is 4.99 Å². The highest BCUT2D eigenvalue weighted by Gasteiger charge is 2.14. The summed E-state index contributed by atoms with van der Waals surface area (Å²) in [7, 11) is 0. The minimum Gasteiger partial charge on any atom is -0.456 e. The summed E-state index contributed by atoms with van der Waals surface area (Å²) in [5.41, 5.74) is 4.39. The van der Waals surface area contributed by atoms with Crippen LogP contribution in [0.25, 0.3) is 22.3 Å². The summed E-state index contributed by atoms with van der Waals surface area (Å²) in [5.74, 6) is 0.849.